The highest BCUT2D eigenvalue weighted by Gasteiger charge is 2.20. The summed E-state index contributed by atoms with van der Waals surface area (Å²) in [5.41, 5.74) is 1.24. The van der Waals surface area contributed by atoms with Crippen LogP contribution in [0.2, 0.25) is 0 Å². The zero-order valence-corrected chi connectivity index (χ0v) is 20.1. The van der Waals surface area contributed by atoms with Crippen molar-refractivity contribution < 1.29 is 18.8 Å². The van der Waals surface area contributed by atoms with Crippen LogP contribution in [0.4, 0.5) is 0 Å². The molecule has 0 saturated carbocycles. The number of carbonyl (C=O) groups excluding carboxylic acids is 1. The van der Waals surface area contributed by atoms with Gasteiger partial charge in [0.1, 0.15) is 36.1 Å². The van der Waals surface area contributed by atoms with Gasteiger partial charge in [-0.3, -0.25) is 14.3 Å². The van der Waals surface area contributed by atoms with E-state index in [2.05, 4.69) is 15.1 Å². The zero-order chi connectivity index (χ0) is 25.1. The Morgan fingerprint density at radius 2 is 1.94 bits per heavy atom. The predicted octanol–water partition coefficient (Wildman–Crippen LogP) is 2.76. The lowest BCUT2D eigenvalue weighted by Crippen LogP contribution is -2.31. The van der Waals surface area contributed by atoms with E-state index >= 15 is 0 Å². The fourth-order valence-electron chi connectivity index (χ4n) is 3.77. The highest BCUT2D eigenvalue weighted by molar-refractivity contribution is 5.92. The molecule has 1 aromatic carbocycles. The highest BCUT2D eigenvalue weighted by Crippen LogP contribution is 2.23. The number of rotatable bonds is 9. The molecule has 0 radical (unpaired) electrons. The van der Waals surface area contributed by atoms with Crippen LogP contribution in [-0.4, -0.2) is 30.2 Å². The summed E-state index contributed by atoms with van der Waals surface area (Å²) < 4.78 is 19.5. The number of nitrogens with one attached hydrogen (secondary N) is 1. The first-order chi connectivity index (χ1) is 16.8. The molecule has 0 spiro atoms. The summed E-state index contributed by atoms with van der Waals surface area (Å²) in [5.74, 6) is 0.733. The average Bonchev–Trinajstić information content (AvgIpc) is 3.34. The lowest BCUT2D eigenvalue weighted by atomic mass is 10.2. The number of hydrogen-bond donors (Lipinski definition) is 1. The normalized spacial score (nSPS) is 11.2. The van der Waals surface area contributed by atoms with Crippen LogP contribution in [0.5, 0.6) is 5.75 Å². The summed E-state index contributed by atoms with van der Waals surface area (Å²) in [6.45, 7) is 6.04. The van der Waals surface area contributed by atoms with Crippen LogP contribution >= 0.6 is 0 Å². The number of aryl methyl sites for hydroxylation is 4. The minimum Gasteiger partial charge on any atom is -0.488 e. The molecule has 0 aliphatic rings. The molecule has 0 aliphatic heterocycles. The van der Waals surface area contributed by atoms with E-state index in [1.54, 1.807) is 38.2 Å². The van der Waals surface area contributed by atoms with Gasteiger partial charge in [0.25, 0.3) is 5.56 Å². The van der Waals surface area contributed by atoms with Crippen molar-refractivity contribution in [2.24, 2.45) is 7.05 Å². The fraction of sp³-hybridized carbons (Fsp3) is 0.375. The van der Waals surface area contributed by atoms with Gasteiger partial charge in [0, 0.05) is 13.6 Å². The number of ether oxygens (including phenoxy) is 2. The number of aromatic nitrogens is 5. The van der Waals surface area contributed by atoms with Crippen LogP contribution in [0.15, 0.2) is 38.4 Å². The van der Waals surface area contributed by atoms with Crippen LogP contribution in [0.25, 0.3) is 11.2 Å². The molecule has 3 aromatic heterocycles. The smallest absolute Gasteiger partial charge is 0.342 e. The average molecular weight is 482 g/mol. The van der Waals surface area contributed by atoms with Crippen molar-refractivity contribution in [3.05, 3.63) is 73.5 Å². The molecule has 11 heteroatoms. The topological polar surface area (TPSA) is 134 Å². The summed E-state index contributed by atoms with van der Waals surface area (Å²) in [7, 11) is 1.64. The Morgan fingerprint density at radius 1 is 1.17 bits per heavy atom. The van der Waals surface area contributed by atoms with Crippen molar-refractivity contribution in [1.82, 2.24) is 24.3 Å². The second kappa shape index (κ2) is 10.00. The monoisotopic (exact) mass is 481 g/mol. The SMILES string of the molecule is CCCCn1c(=O)[nH]c(=O)c2c1nc(COC(=O)c1ccccc1OCc1c(C)noc1C)n2C. The summed E-state index contributed by atoms with van der Waals surface area (Å²) in [6.07, 6.45) is 1.63. The molecular weight excluding hydrogens is 454 g/mol. The van der Waals surface area contributed by atoms with Crippen molar-refractivity contribution in [3.8, 4) is 5.75 Å². The molecule has 0 aliphatic carbocycles. The van der Waals surface area contributed by atoms with Crippen LogP contribution in [0.3, 0.4) is 0 Å². The van der Waals surface area contributed by atoms with E-state index in [1.165, 1.54) is 9.13 Å². The van der Waals surface area contributed by atoms with Crippen molar-refractivity contribution in [1.29, 1.82) is 0 Å². The Morgan fingerprint density at radius 3 is 2.66 bits per heavy atom. The summed E-state index contributed by atoms with van der Waals surface area (Å²) in [5, 5.41) is 3.91. The van der Waals surface area contributed by atoms with Crippen molar-refractivity contribution in [2.75, 3.05) is 0 Å². The van der Waals surface area contributed by atoms with E-state index in [9.17, 15) is 14.4 Å². The number of benzene rings is 1. The fourth-order valence-corrected chi connectivity index (χ4v) is 3.77. The van der Waals surface area contributed by atoms with Gasteiger partial charge in [-0.15, -0.1) is 0 Å². The van der Waals surface area contributed by atoms with Gasteiger partial charge in [0.15, 0.2) is 11.2 Å². The number of esters is 1. The first-order valence-corrected chi connectivity index (χ1v) is 11.3. The van der Waals surface area contributed by atoms with Gasteiger partial charge in [0.2, 0.25) is 0 Å². The van der Waals surface area contributed by atoms with Crippen LogP contribution in [0.1, 0.15) is 53.0 Å². The second-order valence-electron chi connectivity index (χ2n) is 8.19. The Hall–Kier alpha value is -4.15. The maximum Gasteiger partial charge on any atom is 0.342 e. The number of carbonyl (C=O) groups is 1. The molecule has 35 heavy (non-hydrogen) atoms. The molecule has 3 heterocycles. The van der Waals surface area contributed by atoms with E-state index in [-0.39, 0.29) is 29.9 Å². The quantitative estimate of drug-likeness (QED) is 0.361. The number of para-hydroxylation sites is 1. The van der Waals surface area contributed by atoms with Gasteiger partial charge >= 0.3 is 11.7 Å². The number of nitrogens with zero attached hydrogens (tertiary/aromatic N) is 4. The van der Waals surface area contributed by atoms with E-state index < -0.39 is 17.2 Å². The number of aromatic amines is 1. The number of imidazole rings is 1. The first-order valence-electron chi connectivity index (χ1n) is 11.3. The second-order valence-corrected chi connectivity index (χ2v) is 8.19. The van der Waals surface area contributed by atoms with E-state index in [4.69, 9.17) is 14.0 Å². The lowest BCUT2D eigenvalue weighted by molar-refractivity contribution is 0.0454. The van der Waals surface area contributed by atoms with Gasteiger partial charge in [-0.05, 0) is 32.4 Å². The molecule has 4 rings (SSSR count). The highest BCUT2D eigenvalue weighted by atomic mass is 16.5. The minimum atomic E-state index is -0.608. The van der Waals surface area contributed by atoms with Crippen molar-refractivity contribution >= 4 is 17.1 Å². The molecule has 1 N–H and O–H groups in total. The lowest BCUT2D eigenvalue weighted by Gasteiger charge is -2.11. The Kier molecular flexibility index (Phi) is 6.85. The number of unbranched alkanes of at least 4 members (excludes halogenated alkanes) is 1. The predicted molar refractivity (Wildman–Crippen MR) is 126 cm³/mol. The molecule has 0 atom stereocenters. The molecule has 0 saturated heterocycles. The molecule has 0 bridgehead atoms. The van der Waals surface area contributed by atoms with Gasteiger partial charge in [-0.1, -0.05) is 30.6 Å². The maximum absolute atomic E-state index is 12.9. The van der Waals surface area contributed by atoms with Crippen LogP contribution in [0, 0.1) is 13.8 Å². The van der Waals surface area contributed by atoms with Gasteiger partial charge in [-0.25, -0.2) is 14.6 Å². The number of fused-ring (bicyclic) bond motifs is 1. The van der Waals surface area contributed by atoms with Gasteiger partial charge in [-0.2, -0.15) is 0 Å². The Bertz CT molecular complexity index is 1470. The standard InChI is InChI=1S/C24H27N5O6/c1-5-6-11-29-21-20(22(30)26-24(29)32)28(4)19(25-21)13-34-23(31)16-9-7-8-10-18(16)33-12-17-14(2)27-35-15(17)3/h7-10H,5-6,11-13H2,1-4H3,(H,26,30,32). The zero-order valence-electron chi connectivity index (χ0n) is 20.1. The third-order valence-corrected chi connectivity index (χ3v) is 5.83. The Labute approximate surface area is 200 Å². The van der Waals surface area contributed by atoms with E-state index in [0.717, 1.165) is 24.1 Å². The third kappa shape index (κ3) is 4.75. The maximum atomic E-state index is 12.9. The molecule has 0 amide bonds. The van der Waals surface area contributed by atoms with Crippen LogP contribution < -0.4 is 16.0 Å². The van der Waals surface area contributed by atoms with Gasteiger partial charge < -0.3 is 18.6 Å². The van der Waals surface area contributed by atoms with Crippen molar-refractivity contribution in [3.63, 3.8) is 0 Å². The first kappa shape index (κ1) is 24.0. The number of hydrogen-bond acceptors (Lipinski definition) is 8. The summed E-state index contributed by atoms with van der Waals surface area (Å²) in [6, 6.07) is 6.75. The Balaban J connectivity index is 1.55. The van der Waals surface area contributed by atoms with E-state index in [1.807, 2.05) is 13.8 Å². The summed E-state index contributed by atoms with van der Waals surface area (Å²) >= 11 is 0. The van der Waals surface area contributed by atoms with Gasteiger partial charge in [0.05, 0.1) is 11.3 Å². The van der Waals surface area contributed by atoms with Crippen molar-refractivity contribution in [2.45, 2.75) is 53.4 Å². The molecule has 4 aromatic rings. The number of H-pyrrole nitrogens is 1. The molecule has 11 nitrogen and oxygen atoms in total. The molecule has 0 fully saturated rings. The third-order valence-electron chi connectivity index (χ3n) is 5.83. The molecular formula is C24H27N5O6. The largest absolute Gasteiger partial charge is 0.488 e. The van der Waals surface area contributed by atoms with E-state index in [0.29, 0.717) is 23.9 Å². The summed E-state index contributed by atoms with van der Waals surface area (Å²) in [4.78, 5) is 44.4. The molecule has 0 unspecified atom stereocenters. The molecule has 184 valence electrons. The minimum absolute atomic E-state index is 0.189. The van der Waals surface area contributed by atoms with Crippen LogP contribution in [-0.2, 0) is 31.5 Å².